The Labute approximate surface area is 171 Å². The van der Waals surface area contributed by atoms with Gasteiger partial charge in [0, 0.05) is 30.2 Å². The van der Waals surface area contributed by atoms with Crippen LogP contribution in [-0.2, 0) is 5.54 Å². The molecule has 0 spiro atoms. The van der Waals surface area contributed by atoms with E-state index in [-0.39, 0.29) is 11.4 Å². The van der Waals surface area contributed by atoms with Gasteiger partial charge in [-0.3, -0.25) is 9.36 Å². The summed E-state index contributed by atoms with van der Waals surface area (Å²) in [5, 5.41) is 9.63. The van der Waals surface area contributed by atoms with Gasteiger partial charge in [0.05, 0.1) is 0 Å². The minimum atomic E-state index is -0.252. The van der Waals surface area contributed by atoms with Crippen molar-refractivity contribution in [1.29, 1.82) is 0 Å². The van der Waals surface area contributed by atoms with Crippen LogP contribution in [-0.4, -0.2) is 44.6 Å². The normalized spacial score (nSPS) is 11.8. The number of amides is 1. The van der Waals surface area contributed by atoms with Crippen molar-refractivity contribution >= 4 is 28.8 Å². The minimum absolute atomic E-state index is 0.230. The molecule has 1 aromatic carbocycles. The fraction of sp³-hybridized carbons (Fsp3) is 0.429. The fourth-order valence-corrected chi connectivity index (χ4v) is 3.04. The number of rotatable bonds is 7. The average molecular weight is 396 g/mol. The maximum Gasteiger partial charge on any atom is 0.256 e. The first kappa shape index (κ1) is 20.7. The molecule has 2 aromatic heterocycles. The zero-order valence-electron chi connectivity index (χ0n) is 17.7. The number of fused-ring (bicyclic) bond motifs is 1. The molecular weight excluding hydrogens is 366 g/mol. The van der Waals surface area contributed by atoms with Crippen molar-refractivity contribution in [2.75, 3.05) is 23.7 Å². The summed E-state index contributed by atoms with van der Waals surface area (Å²) in [6, 6.07) is 9.46. The number of aromatic nitrogens is 4. The standard InChI is InChI=1S/C21H29N7O/c1-14(2)22-11-12-23-20-26-16-17(27-19(29)15-9-7-6-8-10-15)24-13-25-18(16)28(20)21(3,4)5/h6-10,13-14,22H,11-12H2,1-5H3,(H,23,26)(H,24,25,27,29). The molecule has 1 amide bonds. The number of anilines is 2. The lowest BCUT2D eigenvalue weighted by Crippen LogP contribution is -2.30. The van der Waals surface area contributed by atoms with Gasteiger partial charge in [0.25, 0.3) is 5.91 Å². The second-order valence-electron chi connectivity index (χ2n) is 8.19. The lowest BCUT2D eigenvalue weighted by atomic mass is 10.1. The van der Waals surface area contributed by atoms with Crippen LogP contribution in [0, 0.1) is 0 Å². The van der Waals surface area contributed by atoms with Gasteiger partial charge in [-0.05, 0) is 32.9 Å². The first-order chi connectivity index (χ1) is 13.8. The lowest BCUT2D eigenvalue weighted by molar-refractivity contribution is 0.102. The summed E-state index contributed by atoms with van der Waals surface area (Å²) in [4.78, 5) is 26.0. The number of carbonyl (C=O) groups excluding carboxylic acids is 1. The van der Waals surface area contributed by atoms with Crippen LogP contribution < -0.4 is 16.0 Å². The predicted molar refractivity (Wildman–Crippen MR) is 116 cm³/mol. The van der Waals surface area contributed by atoms with Gasteiger partial charge >= 0.3 is 0 Å². The zero-order chi connectivity index (χ0) is 21.0. The number of nitrogens with zero attached hydrogens (tertiary/aromatic N) is 4. The number of benzene rings is 1. The van der Waals surface area contributed by atoms with Crippen LogP contribution in [0.15, 0.2) is 36.7 Å². The van der Waals surface area contributed by atoms with Crippen LogP contribution in [0.25, 0.3) is 11.2 Å². The number of hydrogen-bond donors (Lipinski definition) is 3. The van der Waals surface area contributed by atoms with Crippen molar-refractivity contribution in [2.24, 2.45) is 0 Å². The Morgan fingerprint density at radius 1 is 1.10 bits per heavy atom. The first-order valence-electron chi connectivity index (χ1n) is 9.85. The summed E-state index contributed by atoms with van der Waals surface area (Å²) in [5.74, 6) is 0.871. The van der Waals surface area contributed by atoms with Crippen LogP contribution in [0.5, 0.6) is 0 Å². The van der Waals surface area contributed by atoms with Crippen LogP contribution in [0.4, 0.5) is 11.8 Å². The Hall–Kier alpha value is -3.00. The highest BCUT2D eigenvalue weighted by atomic mass is 16.1. The molecule has 0 atom stereocenters. The second-order valence-corrected chi connectivity index (χ2v) is 8.19. The Bertz CT molecular complexity index is 974. The van der Waals surface area contributed by atoms with Gasteiger partial charge in [-0.15, -0.1) is 0 Å². The molecule has 0 aliphatic rings. The van der Waals surface area contributed by atoms with Gasteiger partial charge < -0.3 is 16.0 Å². The Morgan fingerprint density at radius 3 is 2.48 bits per heavy atom. The number of nitrogens with one attached hydrogen (secondary N) is 3. The van der Waals surface area contributed by atoms with E-state index in [1.165, 1.54) is 6.33 Å². The van der Waals surface area contributed by atoms with Gasteiger partial charge in [-0.1, -0.05) is 32.0 Å². The molecule has 3 N–H and O–H groups in total. The molecular formula is C21H29N7O. The average Bonchev–Trinajstić information content (AvgIpc) is 3.05. The van der Waals surface area contributed by atoms with Gasteiger partial charge in [-0.2, -0.15) is 0 Å². The van der Waals surface area contributed by atoms with Gasteiger partial charge in [-0.25, -0.2) is 15.0 Å². The van der Waals surface area contributed by atoms with Crippen LogP contribution in [0.3, 0.4) is 0 Å². The highest BCUT2D eigenvalue weighted by Crippen LogP contribution is 2.29. The summed E-state index contributed by atoms with van der Waals surface area (Å²) in [6.07, 6.45) is 1.46. The van der Waals surface area contributed by atoms with Crippen molar-refractivity contribution < 1.29 is 4.79 Å². The molecule has 0 saturated heterocycles. The van der Waals surface area contributed by atoms with E-state index < -0.39 is 0 Å². The molecule has 8 heteroatoms. The molecule has 0 fully saturated rings. The highest BCUT2D eigenvalue weighted by Gasteiger charge is 2.24. The van der Waals surface area contributed by atoms with Crippen molar-refractivity contribution in [3.8, 4) is 0 Å². The van der Waals surface area contributed by atoms with Crippen LogP contribution >= 0.6 is 0 Å². The van der Waals surface area contributed by atoms with E-state index in [4.69, 9.17) is 4.98 Å². The van der Waals surface area contributed by atoms with Crippen molar-refractivity contribution in [2.45, 2.75) is 46.2 Å². The smallest absolute Gasteiger partial charge is 0.256 e. The van der Waals surface area contributed by atoms with Gasteiger partial charge in [0.15, 0.2) is 17.0 Å². The molecule has 0 radical (unpaired) electrons. The minimum Gasteiger partial charge on any atom is -0.354 e. The highest BCUT2D eigenvalue weighted by molar-refractivity contribution is 6.06. The quantitative estimate of drug-likeness (QED) is 0.532. The van der Waals surface area contributed by atoms with Crippen molar-refractivity contribution in [1.82, 2.24) is 24.8 Å². The maximum atomic E-state index is 12.6. The van der Waals surface area contributed by atoms with E-state index in [9.17, 15) is 4.79 Å². The van der Waals surface area contributed by atoms with E-state index in [0.29, 0.717) is 34.5 Å². The molecule has 0 saturated carbocycles. The molecule has 3 aromatic rings. The Kier molecular flexibility index (Phi) is 6.12. The Morgan fingerprint density at radius 2 is 1.83 bits per heavy atom. The monoisotopic (exact) mass is 395 g/mol. The summed E-state index contributed by atoms with van der Waals surface area (Å²) in [6.45, 7) is 12.0. The Balaban J connectivity index is 1.93. The number of carbonyl (C=O) groups is 1. The maximum absolute atomic E-state index is 12.6. The third kappa shape index (κ3) is 4.89. The molecule has 2 heterocycles. The zero-order valence-corrected chi connectivity index (χ0v) is 17.7. The molecule has 0 aliphatic carbocycles. The molecule has 0 bridgehead atoms. The van der Waals surface area contributed by atoms with E-state index in [0.717, 1.165) is 13.1 Å². The predicted octanol–water partition coefficient (Wildman–Crippen LogP) is 3.24. The summed E-state index contributed by atoms with van der Waals surface area (Å²) >= 11 is 0. The van der Waals surface area contributed by atoms with Crippen LogP contribution in [0.2, 0.25) is 0 Å². The molecule has 8 nitrogen and oxygen atoms in total. The summed E-state index contributed by atoms with van der Waals surface area (Å²) in [7, 11) is 0. The van der Waals surface area contributed by atoms with E-state index in [2.05, 4.69) is 60.5 Å². The SMILES string of the molecule is CC(C)NCCNc1nc2c(NC(=O)c3ccccc3)ncnc2n1C(C)(C)C. The van der Waals surface area contributed by atoms with Crippen molar-refractivity contribution in [3.05, 3.63) is 42.2 Å². The fourth-order valence-electron chi connectivity index (χ4n) is 3.04. The van der Waals surface area contributed by atoms with Crippen LogP contribution in [0.1, 0.15) is 45.0 Å². The van der Waals surface area contributed by atoms with E-state index >= 15 is 0 Å². The molecule has 3 rings (SSSR count). The number of hydrogen-bond acceptors (Lipinski definition) is 6. The topological polar surface area (TPSA) is 96.8 Å². The third-order valence-corrected chi connectivity index (χ3v) is 4.34. The summed E-state index contributed by atoms with van der Waals surface area (Å²) in [5.41, 5.74) is 1.55. The van der Waals surface area contributed by atoms with Crippen molar-refractivity contribution in [3.63, 3.8) is 0 Å². The molecule has 0 aliphatic heterocycles. The summed E-state index contributed by atoms with van der Waals surface area (Å²) < 4.78 is 2.04. The molecule has 0 unspecified atom stereocenters. The molecule has 29 heavy (non-hydrogen) atoms. The third-order valence-electron chi connectivity index (χ3n) is 4.34. The van der Waals surface area contributed by atoms with E-state index in [1.54, 1.807) is 12.1 Å². The van der Waals surface area contributed by atoms with E-state index in [1.807, 2.05) is 22.8 Å². The number of imidazole rings is 1. The van der Waals surface area contributed by atoms with Gasteiger partial charge in [0.1, 0.15) is 6.33 Å². The van der Waals surface area contributed by atoms with Gasteiger partial charge in [0.2, 0.25) is 5.95 Å². The lowest BCUT2D eigenvalue weighted by Gasteiger charge is -2.24. The molecule has 154 valence electrons. The largest absolute Gasteiger partial charge is 0.354 e. The first-order valence-corrected chi connectivity index (χ1v) is 9.85. The second kappa shape index (κ2) is 8.57.